The fourth-order valence-corrected chi connectivity index (χ4v) is 21.9. The van der Waals surface area contributed by atoms with Crippen LogP contribution in [0.1, 0.15) is 438 Å². The van der Waals surface area contributed by atoms with Crippen molar-refractivity contribution in [2.75, 3.05) is 0 Å². The van der Waals surface area contributed by atoms with Gasteiger partial charge in [-0.05, 0) is 235 Å². The Morgan fingerprint density at radius 3 is 1.12 bits per heavy atom. The Hall–Kier alpha value is -4.68. The van der Waals surface area contributed by atoms with Crippen molar-refractivity contribution in [1.82, 2.24) is 0 Å². The first-order valence-corrected chi connectivity index (χ1v) is 44.5. The van der Waals surface area contributed by atoms with E-state index < -0.39 is 0 Å². The van der Waals surface area contributed by atoms with Gasteiger partial charge in [-0.25, -0.2) is 0 Å². The van der Waals surface area contributed by atoms with Gasteiger partial charge in [0.1, 0.15) is 0 Å². The molecule has 0 bridgehead atoms. The molecule has 6 aliphatic rings. The Kier molecular flexibility index (Phi) is 31.2. The molecule has 0 nitrogen and oxygen atoms in total. The van der Waals surface area contributed by atoms with Crippen LogP contribution in [0.5, 0.6) is 0 Å². The Morgan fingerprint density at radius 2 is 0.657 bits per heavy atom. The lowest BCUT2D eigenvalue weighted by Gasteiger charge is -2.45. The Bertz CT molecular complexity index is 3490. The molecule has 3 unspecified atom stereocenters. The summed E-state index contributed by atoms with van der Waals surface area (Å²) >= 11 is 0. The second-order valence-electron chi connectivity index (χ2n) is 35.3. The maximum Gasteiger partial charge on any atom is 0.0161 e. The summed E-state index contributed by atoms with van der Waals surface area (Å²) in [6.45, 7) is 27.9. The van der Waals surface area contributed by atoms with Gasteiger partial charge in [-0.15, -0.1) is 0 Å². The molecule has 102 heavy (non-hydrogen) atoms. The van der Waals surface area contributed by atoms with Crippen molar-refractivity contribution in [3.63, 3.8) is 0 Å². The molecule has 0 radical (unpaired) electrons. The maximum atomic E-state index is 2.56. The van der Waals surface area contributed by atoms with Crippen LogP contribution in [-0.4, -0.2) is 0 Å². The number of unbranched alkanes of at least 4 members (excludes halogenated alkanes) is 30. The van der Waals surface area contributed by atoms with E-state index in [0.717, 1.165) is 0 Å². The number of fused-ring (bicyclic) bond motifs is 9. The molecule has 3 atom stereocenters. The molecule has 6 aliphatic carbocycles. The third-order valence-electron chi connectivity index (χ3n) is 27.5. The van der Waals surface area contributed by atoms with E-state index in [1.54, 1.807) is 83.5 Å². The first-order valence-electron chi connectivity index (χ1n) is 44.5. The van der Waals surface area contributed by atoms with Crippen molar-refractivity contribution in [2.24, 2.45) is 10.8 Å². The van der Waals surface area contributed by atoms with Gasteiger partial charge in [0.05, 0.1) is 0 Å². The van der Waals surface area contributed by atoms with Gasteiger partial charge < -0.3 is 0 Å². The first kappa shape index (κ1) is 79.9. The summed E-state index contributed by atoms with van der Waals surface area (Å²) in [7, 11) is 0. The summed E-state index contributed by atoms with van der Waals surface area (Å²) in [5.74, 6) is 1.91. The van der Waals surface area contributed by atoms with E-state index in [9.17, 15) is 0 Å². The highest BCUT2D eigenvalue weighted by Crippen LogP contribution is 2.64. The van der Waals surface area contributed by atoms with Crippen LogP contribution in [0.4, 0.5) is 0 Å². The topological polar surface area (TPSA) is 0 Å². The van der Waals surface area contributed by atoms with Crippen LogP contribution in [0, 0.1) is 52.4 Å². The third-order valence-corrected chi connectivity index (χ3v) is 27.5. The molecule has 6 aromatic carbocycles. The minimum atomic E-state index is 0.415. The van der Waals surface area contributed by atoms with Gasteiger partial charge >= 0.3 is 0 Å². The summed E-state index contributed by atoms with van der Waals surface area (Å²) in [5.41, 5.74) is 34.9. The Balaban J connectivity index is 0.000000165. The summed E-state index contributed by atoms with van der Waals surface area (Å²) in [5, 5.41) is 0. The van der Waals surface area contributed by atoms with Crippen LogP contribution in [0.3, 0.4) is 0 Å². The molecule has 0 aliphatic heterocycles. The van der Waals surface area contributed by atoms with Gasteiger partial charge in [0.25, 0.3) is 0 Å². The fraction of sp³-hybridized carbons (Fsp3) is 0.647. The van der Waals surface area contributed by atoms with E-state index in [1.165, 1.54) is 342 Å². The molecule has 0 heterocycles. The summed E-state index contributed by atoms with van der Waals surface area (Å²) < 4.78 is 0. The molecule has 558 valence electrons. The van der Waals surface area contributed by atoms with Gasteiger partial charge in [-0.2, -0.15) is 0 Å². The summed E-state index contributed by atoms with van der Waals surface area (Å²) in [6.07, 6.45) is 67.6. The van der Waals surface area contributed by atoms with Crippen LogP contribution in [0.2, 0.25) is 0 Å². The van der Waals surface area contributed by atoms with Gasteiger partial charge in [0, 0.05) is 17.8 Å². The predicted molar refractivity (Wildman–Crippen MR) is 450 cm³/mol. The van der Waals surface area contributed by atoms with Crippen LogP contribution in [0.15, 0.2) is 91.0 Å². The normalized spacial score (nSPS) is 17.6. The lowest BCUT2D eigenvalue weighted by atomic mass is 9.58. The van der Waals surface area contributed by atoms with Crippen molar-refractivity contribution in [3.8, 4) is 33.4 Å². The average Bonchev–Trinajstić information content (AvgIpc) is 1.56. The van der Waals surface area contributed by atoms with E-state index in [2.05, 4.69) is 174 Å². The Morgan fingerprint density at radius 1 is 0.304 bits per heavy atom. The van der Waals surface area contributed by atoms with Crippen molar-refractivity contribution in [1.29, 1.82) is 0 Å². The highest BCUT2D eigenvalue weighted by atomic mass is 14.5. The Labute approximate surface area is 629 Å². The molecular weight excluding hydrogens is 1230 g/mol. The molecular formula is C102H150. The largest absolute Gasteiger partial charge is 0.0654 e. The molecule has 0 N–H and O–H groups in total. The van der Waals surface area contributed by atoms with E-state index in [1.807, 2.05) is 0 Å². The monoisotopic (exact) mass is 1380 g/mol. The molecule has 0 spiro atoms. The predicted octanol–water partition coefficient (Wildman–Crippen LogP) is 32.6. The molecule has 0 fully saturated rings. The molecule has 0 amide bonds. The fourth-order valence-electron chi connectivity index (χ4n) is 21.9. The van der Waals surface area contributed by atoms with Crippen LogP contribution in [-0.2, 0) is 18.3 Å². The summed E-state index contributed by atoms with van der Waals surface area (Å²) in [4.78, 5) is 0. The molecule has 0 saturated heterocycles. The lowest BCUT2D eigenvalue weighted by Crippen LogP contribution is -2.34. The number of hydrogen-bond donors (Lipinski definition) is 0. The molecule has 0 saturated carbocycles. The highest BCUT2D eigenvalue weighted by Gasteiger charge is 2.49. The highest BCUT2D eigenvalue weighted by molar-refractivity contribution is 5.84. The SMILES string of the molecule is CCCCCCCCC1(CCCCCCCC)CCC2c3cc(C)ccc3-c3ccc(C)c1c32.CCCCCCCCC1(CCCCCCCC)CCc2c(C)ccc3c2C1c1cc(C)ccc1-3.CCCCCCCCC1(CCCCCCCC)Cc2c(C)ccc3c2C(C1)c1cc(C)ccc1-3. The second kappa shape index (κ2) is 39.8. The average molecular weight is 1380 g/mol. The molecule has 0 aromatic heterocycles. The van der Waals surface area contributed by atoms with E-state index in [4.69, 9.17) is 0 Å². The van der Waals surface area contributed by atoms with Gasteiger partial charge in [-0.1, -0.05) is 380 Å². The van der Waals surface area contributed by atoms with Crippen molar-refractivity contribution in [3.05, 3.63) is 174 Å². The van der Waals surface area contributed by atoms with Gasteiger partial charge in [-0.3, -0.25) is 0 Å². The zero-order chi connectivity index (χ0) is 71.9. The number of benzene rings is 6. The second-order valence-corrected chi connectivity index (χ2v) is 35.3. The van der Waals surface area contributed by atoms with Crippen molar-refractivity contribution >= 4 is 0 Å². The molecule has 0 heteroatoms. The maximum absolute atomic E-state index is 2.56. The van der Waals surface area contributed by atoms with Crippen LogP contribution < -0.4 is 0 Å². The number of hydrogen-bond acceptors (Lipinski definition) is 0. The minimum Gasteiger partial charge on any atom is -0.0654 e. The quantitative estimate of drug-likeness (QED) is 0.0335. The zero-order valence-electron chi connectivity index (χ0n) is 68.3. The van der Waals surface area contributed by atoms with E-state index in [0.29, 0.717) is 34.0 Å². The third kappa shape index (κ3) is 19.4. The van der Waals surface area contributed by atoms with Crippen LogP contribution >= 0.6 is 0 Å². The zero-order valence-corrected chi connectivity index (χ0v) is 68.3. The van der Waals surface area contributed by atoms with Crippen molar-refractivity contribution in [2.45, 2.75) is 414 Å². The lowest BCUT2D eigenvalue weighted by molar-refractivity contribution is 0.163. The van der Waals surface area contributed by atoms with E-state index in [-0.39, 0.29) is 0 Å². The smallest absolute Gasteiger partial charge is 0.0161 e. The number of aryl methyl sites for hydroxylation is 6. The number of rotatable bonds is 42. The standard InChI is InChI=1S/3C34H50/c1-5-7-9-11-13-15-22-34(23-16-14-12-10-8-6-2)24-21-28-27(4)18-20-30-29-19-17-26(3)25-31(29)33(34)32(28)30;1-5-7-9-11-13-15-22-34(23-16-14-12-10-8-6-2)24-21-30-31-25-26(3)17-19-28(31)29-20-18-27(4)33(34)32(29)30;1-5-7-9-11-13-15-21-34(22-16-14-12-10-8-6-2)24-31-27(4)18-20-29-28-19-17-26(3)23-30(28)32(25-34)33(29)31/h17-20,25,33H,5-16,21-24H2,1-4H3;17-20,25,30H,5-16,21-24H2,1-4H3;17-20,23,32H,5-16,21-22,24-25H2,1-4H3. The molecule has 12 rings (SSSR count). The van der Waals surface area contributed by atoms with E-state index >= 15 is 0 Å². The molecule has 6 aromatic rings. The van der Waals surface area contributed by atoms with Crippen LogP contribution in [0.25, 0.3) is 33.4 Å². The minimum absolute atomic E-state index is 0.415. The van der Waals surface area contributed by atoms with Crippen molar-refractivity contribution < 1.29 is 0 Å². The summed E-state index contributed by atoms with van der Waals surface area (Å²) in [6, 6.07) is 36.4. The van der Waals surface area contributed by atoms with Gasteiger partial charge in [0.15, 0.2) is 0 Å². The first-order chi connectivity index (χ1) is 49.8. The van der Waals surface area contributed by atoms with Gasteiger partial charge in [0.2, 0.25) is 0 Å².